The van der Waals surface area contributed by atoms with E-state index in [1.54, 1.807) is 6.08 Å². The van der Waals surface area contributed by atoms with Crippen molar-refractivity contribution >= 4 is 16.7 Å². The fraction of sp³-hybridized carbons (Fsp3) is 0.357. The molecule has 1 aromatic rings. The van der Waals surface area contributed by atoms with Gasteiger partial charge in [0, 0.05) is 10.5 Å². The highest BCUT2D eigenvalue weighted by Crippen LogP contribution is 2.45. The van der Waals surface area contributed by atoms with E-state index in [-0.39, 0.29) is 16.7 Å². The third-order valence-electron chi connectivity index (χ3n) is 3.05. The van der Waals surface area contributed by atoms with E-state index in [0.29, 0.717) is 6.54 Å². The third-order valence-corrected chi connectivity index (χ3v) is 5.34. The number of carbonyl (C=O) groups is 1. The molecule has 1 aromatic carbocycles. The number of fused-ring (bicyclic) bond motifs is 1. The van der Waals surface area contributed by atoms with Crippen LogP contribution in [0.5, 0.6) is 0 Å². The maximum Gasteiger partial charge on any atom is 0.187 e. The molecule has 0 aromatic heterocycles. The van der Waals surface area contributed by atoms with Crippen molar-refractivity contribution in [3.05, 3.63) is 40.3 Å². The molecule has 0 fully saturated rings. The van der Waals surface area contributed by atoms with Gasteiger partial charge in [0.2, 0.25) is 0 Å². The monoisotopic (exact) mass is 249 g/mol. The first-order valence-electron chi connectivity index (χ1n) is 6.00. The summed E-state index contributed by atoms with van der Waals surface area (Å²) >= 11 is 0. The number of aryl methyl sites for hydroxylation is 1. The van der Waals surface area contributed by atoms with Crippen molar-refractivity contribution in [2.75, 3.05) is 12.3 Å². The van der Waals surface area contributed by atoms with Crippen molar-refractivity contribution in [3.8, 4) is 0 Å². The summed E-state index contributed by atoms with van der Waals surface area (Å²) in [5, 5.41) is 2.09. The minimum absolute atomic E-state index is 0.147. The average Bonchev–Trinajstić information content (AvgIpc) is 2.31. The lowest BCUT2D eigenvalue weighted by molar-refractivity contribution is 0.104. The Balaban J connectivity index is 2.60. The first-order chi connectivity index (χ1) is 8.17. The van der Waals surface area contributed by atoms with Crippen LogP contribution in [0, 0.1) is 6.92 Å². The Labute approximate surface area is 105 Å². The molecule has 17 heavy (non-hydrogen) atoms. The first kappa shape index (κ1) is 12.4. The molecule has 1 aliphatic heterocycles. The SMILES string of the molecule is CC[SH]1C=CC(=O)c2cc(C)cc(CCN)c21. The largest absolute Gasteiger partial charge is 0.330 e. The molecule has 0 bridgehead atoms. The Kier molecular flexibility index (Phi) is 3.69. The fourth-order valence-corrected chi connectivity index (χ4v) is 4.33. The van der Waals surface area contributed by atoms with Crippen LogP contribution in [0.25, 0.3) is 0 Å². The second-order valence-corrected chi connectivity index (χ2v) is 6.64. The maximum atomic E-state index is 11.9. The predicted molar refractivity (Wildman–Crippen MR) is 75.2 cm³/mol. The van der Waals surface area contributed by atoms with Gasteiger partial charge in [0.05, 0.1) is 0 Å². The molecule has 1 unspecified atom stereocenters. The van der Waals surface area contributed by atoms with Gasteiger partial charge in [-0.25, -0.2) is 10.9 Å². The van der Waals surface area contributed by atoms with Crippen LogP contribution in [-0.4, -0.2) is 18.1 Å². The molecule has 2 N–H and O–H groups in total. The highest BCUT2D eigenvalue weighted by Gasteiger charge is 2.21. The molecule has 3 heteroatoms. The number of rotatable bonds is 3. The van der Waals surface area contributed by atoms with Crippen LogP contribution < -0.4 is 5.73 Å². The Morgan fingerprint density at radius 2 is 2.12 bits per heavy atom. The van der Waals surface area contributed by atoms with Crippen LogP contribution in [0.3, 0.4) is 0 Å². The Hall–Kier alpha value is -1.06. The Morgan fingerprint density at radius 1 is 1.35 bits per heavy atom. The summed E-state index contributed by atoms with van der Waals surface area (Å²) in [5.74, 6) is 1.24. The van der Waals surface area contributed by atoms with Crippen LogP contribution in [0.1, 0.15) is 28.4 Å². The maximum absolute atomic E-state index is 11.9. The summed E-state index contributed by atoms with van der Waals surface area (Å²) in [4.78, 5) is 13.2. The van der Waals surface area contributed by atoms with Gasteiger partial charge < -0.3 is 5.73 Å². The quantitative estimate of drug-likeness (QED) is 0.809. The molecule has 0 amide bonds. The summed E-state index contributed by atoms with van der Waals surface area (Å²) in [6, 6.07) is 4.20. The normalized spacial score (nSPS) is 20.4. The van der Waals surface area contributed by atoms with Crippen molar-refractivity contribution in [3.63, 3.8) is 0 Å². The van der Waals surface area contributed by atoms with Crippen molar-refractivity contribution in [1.29, 1.82) is 0 Å². The molecule has 2 nitrogen and oxygen atoms in total. The Bertz CT molecular complexity index is 479. The zero-order valence-corrected chi connectivity index (χ0v) is 11.3. The van der Waals surface area contributed by atoms with Gasteiger partial charge in [-0.3, -0.25) is 4.79 Å². The van der Waals surface area contributed by atoms with Gasteiger partial charge in [-0.15, -0.1) is 0 Å². The van der Waals surface area contributed by atoms with E-state index in [0.717, 1.165) is 23.3 Å². The summed E-state index contributed by atoms with van der Waals surface area (Å²) in [5.41, 5.74) is 9.00. The number of hydrogen-bond acceptors (Lipinski definition) is 2. The van der Waals surface area contributed by atoms with Crippen molar-refractivity contribution in [2.45, 2.75) is 25.2 Å². The number of carbonyl (C=O) groups excluding carboxylic acids is 1. The number of allylic oxidation sites excluding steroid dienone is 1. The van der Waals surface area contributed by atoms with E-state index in [1.807, 2.05) is 13.0 Å². The van der Waals surface area contributed by atoms with Crippen molar-refractivity contribution < 1.29 is 4.79 Å². The molecule has 2 rings (SSSR count). The standard InChI is InChI=1S/C14H19NOS/c1-3-17-7-5-13(16)12-9-10(2)8-11(4-6-15)14(12)17/h5,7-9,17H,3-4,6,15H2,1-2H3. The average molecular weight is 249 g/mol. The number of thiol groups is 1. The zero-order chi connectivity index (χ0) is 12.4. The van der Waals surface area contributed by atoms with Crippen LogP contribution in [0.15, 0.2) is 28.5 Å². The third kappa shape index (κ3) is 2.31. The molecule has 0 radical (unpaired) electrons. The number of hydrogen-bond donors (Lipinski definition) is 2. The van der Waals surface area contributed by atoms with E-state index in [2.05, 4.69) is 18.4 Å². The number of nitrogens with two attached hydrogens (primary N) is 1. The highest BCUT2D eigenvalue weighted by atomic mass is 32.2. The predicted octanol–water partition coefficient (Wildman–Crippen LogP) is 2.59. The molecule has 92 valence electrons. The van der Waals surface area contributed by atoms with Crippen molar-refractivity contribution in [2.24, 2.45) is 5.73 Å². The lowest BCUT2D eigenvalue weighted by Crippen LogP contribution is -2.11. The molecular weight excluding hydrogens is 230 g/mol. The van der Waals surface area contributed by atoms with Gasteiger partial charge >= 0.3 is 0 Å². The zero-order valence-electron chi connectivity index (χ0n) is 10.4. The van der Waals surface area contributed by atoms with Gasteiger partial charge in [-0.05, 0) is 48.8 Å². The molecule has 0 saturated carbocycles. The van der Waals surface area contributed by atoms with Crippen LogP contribution >= 0.6 is 10.9 Å². The van der Waals surface area contributed by atoms with Crippen LogP contribution in [0.2, 0.25) is 0 Å². The summed E-state index contributed by atoms with van der Waals surface area (Å²) < 4.78 is 0. The topological polar surface area (TPSA) is 43.1 Å². The smallest absolute Gasteiger partial charge is 0.187 e. The Morgan fingerprint density at radius 3 is 2.76 bits per heavy atom. The van der Waals surface area contributed by atoms with Gasteiger partial charge in [0.25, 0.3) is 0 Å². The number of benzene rings is 1. The first-order valence-corrected chi connectivity index (χ1v) is 7.59. The summed E-state index contributed by atoms with van der Waals surface area (Å²) in [6.07, 6.45) is 2.60. The second-order valence-electron chi connectivity index (χ2n) is 4.32. The molecule has 0 spiro atoms. The van der Waals surface area contributed by atoms with E-state index in [9.17, 15) is 4.79 Å². The van der Waals surface area contributed by atoms with Crippen LogP contribution in [-0.2, 0) is 6.42 Å². The molecule has 1 atom stereocenters. The van der Waals surface area contributed by atoms with Gasteiger partial charge in [0.15, 0.2) is 5.78 Å². The second kappa shape index (κ2) is 5.07. The molecular formula is C14H19NOS. The van der Waals surface area contributed by atoms with E-state index < -0.39 is 0 Å². The minimum atomic E-state index is -0.314. The van der Waals surface area contributed by atoms with E-state index >= 15 is 0 Å². The van der Waals surface area contributed by atoms with E-state index in [1.165, 1.54) is 10.5 Å². The molecule has 1 aliphatic rings. The minimum Gasteiger partial charge on any atom is -0.330 e. The molecule has 1 heterocycles. The summed E-state index contributed by atoms with van der Waals surface area (Å²) in [7, 11) is -0.314. The fourth-order valence-electron chi connectivity index (χ4n) is 2.31. The summed E-state index contributed by atoms with van der Waals surface area (Å²) in [6.45, 7) is 4.86. The highest BCUT2D eigenvalue weighted by molar-refractivity contribution is 8.19. The molecule has 0 saturated heterocycles. The van der Waals surface area contributed by atoms with Crippen LogP contribution in [0.4, 0.5) is 0 Å². The van der Waals surface area contributed by atoms with Gasteiger partial charge in [-0.1, -0.05) is 18.6 Å². The van der Waals surface area contributed by atoms with E-state index in [4.69, 9.17) is 5.73 Å². The van der Waals surface area contributed by atoms with Gasteiger partial charge in [-0.2, -0.15) is 0 Å². The lowest BCUT2D eigenvalue weighted by atomic mass is 10.0. The molecule has 0 aliphatic carbocycles. The lowest BCUT2D eigenvalue weighted by Gasteiger charge is -2.26. The number of ketones is 1. The van der Waals surface area contributed by atoms with Crippen molar-refractivity contribution in [1.82, 2.24) is 0 Å². The van der Waals surface area contributed by atoms with Gasteiger partial charge in [0.1, 0.15) is 0 Å².